The van der Waals surface area contributed by atoms with Crippen LogP contribution in [0.15, 0.2) is 59.1 Å². The molecule has 3 N–H and O–H groups in total. The topological polar surface area (TPSA) is 125 Å². The van der Waals surface area contributed by atoms with Gasteiger partial charge in [0.2, 0.25) is 5.91 Å². The third kappa shape index (κ3) is 6.39. The molecule has 3 amide bonds. The minimum Gasteiger partial charge on any atom is -0.381 e. The van der Waals surface area contributed by atoms with E-state index in [1.54, 1.807) is 13.8 Å². The molecule has 3 unspecified atom stereocenters. The fourth-order valence-electron chi connectivity index (χ4n) is 5.00. The third-order valence-electron chi connectivity index (χ3n) is 7.30. The van der Waals surface area contributed by atoms with Crippen molar-refractivity contribution in [2.75, 3.05) is 5.88 Å². The van der Waals surface area contributed by atoms with E-state index >= 15 is 0 Å². The summed E-state index contributed by atoms with van der Waals surface area (Å²) in [6, 6.07) is 15.3. The maximum Gasteiger partial charge on any atom is 0.257 e. The molecule has 1 aromatic heterocycles. The average Bonchev–Trinajstić information content (AvgIpc) is 3.44. The fourth-order valence-corrected chi connectivity index (χ4v) is 6.14. The second-order valence-electron chi connectivity index (χ2n) is 10.6. The van der Waals surface area contributed by atoms with Crippen LogP contribution in [0.2, 0.25) is 0 Å². The van der Waals surface area contributed by atoms with E-state index in [2.05, 4.69) is 15.8 Å². The number of hydrogen-bond acceptors (Lipinski definition) is 7. The zero-order chi connectivity index (χ0) is 29.0. The summed E-state index contributed by atoms with van der Waals surface area (Å²) in [6.07, 6.45) is -1.39. The van der Waals surface area contributed by atoms with Crippen molar-refractivity contribution in [1.82, 2.24) is 20.7 Å². The van der Waals surface area contributed by atoms with Crippen molar-refractivity contribution in [2.24, 2.45) is 0 Å². The number of nitrogens with one attached hydrogen (secondary N) is 2. The molecule has 9 nitrogen and oxygen atoms in total. The SMILES string of the molecule is Cc1ccccc1CNC(=O)C1N(C(=O)C(O)C(Cc2ccccc2)NC(=O)c2c(C)noc2C)CSC1(C)C. The first-order valence-corrected chi connectivity index (χ1v) is 14.2. The summed E-state index contributed by atoms with van der Waals surface area (Å²) >= 11 is 1.47. The van der Waals surface area contributed by atoms with Gasteiger partial charge in [0, 0.05) is 11.3 Å². The van der Waals surface area contributed by atoms with E-state index in [-0.39, 0.29) is 23.8 Å². The molecule has 0 bridgehead atoms. The fraction of sp³-hybridized carbons (Fsp3) is 0.400. The van der Waals surface area contributed by atoms with Crippen LogP contribution in [-0.4, -0.2) is 61.7 Å². The Balaban J connectivity index is 1.55. The van der Waals surface area contributed by atoms with Crippen molar-refractivity contribution in [1.29, 1.82) is 0 Å². The van der Waals surface area contributed by atoms with Crippen LogP contribution in [-0.2, 0) is 22.6 Å². The molecule has 0 spiro atoms. The summed E-state index contributed by atoms with van der Waals surface area (Å²) in [7, 11) is 0. The van der Waals surface area contributed by atoms with Crippen molar-refractivity contribution >= 4 is 29.5 Å². The van der Waals surface area contributed by atoms with Crippen molar-refractivity contribution < 1.29 is 24.0 Å². The summed E-state index contributed by atoms with van der Waals surface area (Å²) in [5.74, 6) is -0.821. The number of aryl methyl sites for hydroxylation is 3. The molecule has 40 heavy (non-hydrogen) atoms. The summed E-state index contributed by atoms with van der Waals surface area (Å²) in [6.45, 7) is 9.42. The number of rotatable bonds is 9. The molecule has 3 aromatic rings. The van der Waals surface area contributed by atoms with Crippen molar-refractivity contribution in [3.63, 3.8) is 0 Å². The number of aliphatic hydroxyl groups excluding tert-OH is 1. The lowest BCUT2D eigenvalue weighted by Crippen LogP contribution is -2.58. The summed E-state index contributed by atoms with van der Waals surface area (Å²) in [5, 5.41) is 21.1. The monoisotopic (exact) mass is 564 g/mol. The van der Waals surface area contributed by atoms with Crippen LogP contribution >= 0.6 is 11.8 Å². The number of aromatic nitrogens is 1. The molecule has 212 valence electrons. The Hall–Kier alpha value is -3.63. The number of carbonyl (C=O) groups excluding carboxylic acids is 3. The maximum atomic E-state index is 13.8. The van der Waals surface area contributed by atoms with Gasteiger partial charge in [-0.05, 0) is 57.7 Å². The van der Waals surface area contributed by atoms with Crippen molar-refractivity contribution in [2.45, 2.75) is 70.5 Å². The second kappa shape index (κ2) is 12.3. The Bertz CT molecular complexity index is 1350. The number of amides is 3. The molecule has 3 atom stereocenters. The molecular formula is C30H36N4O5S. The molecule has 2 heterocycles. The smallest absolute Gasteiger partial charge is 0.257 e. The van der Waals surface area contributed by atoms with E-state index in [1.807, 2.05) is 75.4 Å². The molecule has 1 fully saturated rings. The molecule has 0 saturated carbocycles. The predicted octanol–water partition coefficient (Wildman–Crippen LogP) is 3.30. The van der Waals surface area contributed by atoms with Crippen LogP contribution < -0.4 is 10.6 Å². The Morgan fingerprint density at radius 2 is 1.77 bits per heavy atom. The van der Waals surface area contributed by atoms with Gasteiger partial charge in [0.25, 0.3) is 11.8 Å². The third-order valence-corrected chi connectivity index (χ3v) is 8.68. The lowest BCUT2D eigenvalue weighted by molar-refractivity contribution is -0.147. The van der Waals surface area contributed by atoms with E-state index in [0.29, 0.717) is 18.0 Å². The predicted molar refractivity (Wildman–Crippen MR) is 154 cm³/mol. The van der Waals surface area contributed by atoms with Gasteiger partial charge in [-0.3, -0.25) is 14.4 Å². The van der Waals surface area contributed by atoms with E-state index in [0.717, 1.165) is 16.7 Å². The first kappa shape index (κ1) is 29.4. The Morgan fingerprint density at radius 3 is 2.42 bits per heavy atom. The molecule has 10 heteroatoms. The second-order valence-corrected chi connectivity index (χ2v) is 12.2. The van der Waals surface area contributed by atoms with Gasteiger partial charge in [-0.1, -0.05) is 59.8 Å². The van der Waals surface area contributed by atoms with Crippen LogP contribution in [0.5, 0.6) is 0 Å². The Morgan fingerprint density at radius 1 is 1.10 bits per heavy atom. The van der Waals surface area contributed by atoms with Crippen LogP contribution in [0.25, 0.3) is 0 Å². The molecule has 1 aliphatic rings. The Kier molecular flexibility index (Phi) is 9.00. The molecular weight excluding hydrogens is 528 g/mol. The van der Waals surface area contributed by atoms with Crippen LogP contribution in [0.3, 0.4) is 0 Å². The minimum absolute atomic E-state index is 0.206. The summed E-state index contributed by atoms with van der Waals surface area (Å²) in [4.78, 5) is 41.9. The summed E-state index contributed by atoms with van der Waals surface area (Å²) < 4.78 is 4.55. The number of thioether (sulfide) groups is 1. The molecule has 1 aliphatic heterocycles. The van der Waals surface area contributed by atoms with E-state index in [1.165, 1.54) is 16.7 Å². The van der Waals surface area contributed by atoms with Crippen molar-refractivity contribution in [3.8, 4) is 0 Å². The Labute approximate surface area is 238 Å². The van der Waals surface area contributed by atoms with Crippen LogP contribution in [0.4, 0.5) is 0 Å². The first-order valence-electron chi connectivity index (χ1n) is 13.2. The number of carbonyl (C=O) groups is 3. The number of hydrogen-bond donors (Lipinski definition) is 3. The van der Waals surface area contributed by atoms with Gasteiger partial charge in [-0.15, -0.1) is 11.8 Å². The number of aliphatic hydroxyl groups is 1. The van der Waals surface area contributed by atoms with Gasteiger partial charge in [0.05, 0.1) is 17.6 Å². The molecule has 4 rings (SSSR count). The van der Waals surface area contributed by atoms with Gasteiger partial charge >= 0.3 is 0 Å². The van der Waals surface area contributed by atoms with Crippen LogP contribution in [0, 0.1) is 20.8 Å². The molecule has 1 saturated heterocycles. The first-order chi connectivity index (χ1) is 19.0. The van der Waals surface area contributed by atoms with Crippen molar-refractivity contribution in [3.05, 3.63) is 88.3 Å². The maximum absolute atomic E-state index is 13.8. The minimum atomic E-state index is -1.59. The standard InChI is InChI=1S/C30H36N4O5S/c1-18-11-9-10-14-22(18)16-31-28(37)26-30(4,5)40-17-34(26)29(38)25(35)23(15-21-12-7-6-8-13-21)32-27(36)24-19(2)33-39-20(24)3/h6-14,23,25-26,35H,15-17H2,1-5H3,(H,31,37)(H,32,36). The number of nitrogens with zero attached hydrogens (tertiary/aromatic N) is 2. The number of benzene rings is 2. The molecule has 0 aliphatic carbocycles. The zero-order valence-electron chi connectivity index (χ0n) is 23.4. The highest BCUT2D eigenvalue weighted by atomic mass is 32.2. The van der Waals surface area contributed by atoms with E-state index in [9.17, 15) is 19.5 Å². The van der Waals surface area contributed by atoms with E-state index < -0.39 is 34.7 Å². The highest BCUT2D eigenvalue weighted by molar-refractivity contribution is 8.00. The lowest BCUT2D eigenvalue weighted by atomic mass is 9.96. The molecule has 0 radical (unpaired) electrons. The lowest BCUT2D eigenvalue weighted by Gasteiger charge is -2.33. The molecule has 2 aromatic carbocycles. The van der Waals surface area contributed by atoms with Gasteiger partial charge in [-0.25, -0.2) is 0 Å². The quantitative estimate of drug-likeness (QED) is 0.364. The van der Waals surface area contributed by atoms with Gasteiger partial charge in [0.15, 0.2) is 6.10 Å². The van der Waals surface area contributed by atoms with E-state index in [4.69, 9.17) is 4.52 Å². The van der Waals surface area contributed by atoms with Gasteiger partial charge in [-0.2, -0.15) is 0 Å². The highest BCUT2D eigenvalue weighted by Gasteiger charge is 2.49. The van der Waals surface area contributed by atoms with Gasteiger partial charge in [0.1, 0.15) is 17.4 Å². The largest absolute Gasteiger partial charge is 0.381 e. The summed E-state index contributed by atoms with van der Waals surface area (Å²) in [5.41, 5.74) is 3.56. The average molecular weight is 565 g/mol. The zero-order valence-corrected chi connectivity index (χ0v) is 24.2. The normalized spacial score (nSPS) is 17.8. The highest BCUT2D eigenvalue weighted by Crippen LogP contribution is 2.40. The van der Waals surface area contributed by atoms with Gasteiger partial charge < -0.3 is 25.2 Å². The van der Waals surface area contributed by atoms with Crippen LogP contribution in [0.1, 0.15) is 52.3 Å².